The van der Waals surface area contributed by atoms with Crippen molar-refractivity contribution < 1.29 is 5.11 Å². The third-order valence-electron chi connectivity index (χ3n) is 3.06. The highest BCUT2D eigenvalue weighted by Gasteiger charge is 2.33. The minimum Gasteiger partial charge on any atom is -0.397 e. The largest absolute Gasteiger partial charge is 0.397 e. The van der Waals surface area contributed by atoms with Crippen LogP contribution in [-0.2, 0) is 0 Å². The first-order chi connectivity index (χ1) is 5.79. The molecule has 0 saturated carbocycles. The molecule has 0 aromatic carbocycles. The van der Waals surface area contributed by atoms with Gasteiger partial charge in [-0.15, -0.1) is 0 Å². The summed E-state index contributed by atoms with van der Waals surface area (Å²) in [5.41, 5.74) is 0. The molecule has 2 aliphatic heterocycles. The van der Waals surface area contributed by atoms with Crippen molar-refractivity contribution in [1.29, 1.82) is 0 Å². The van der Waals surface area contributed by atoms with Crippen molar-refractivity contribution in [3.8, 4) is 0 Å². The van der Waals surface area contributed by atoms with E-state index in [9.17, 15) is 0 Å². The molecule has 2 heterocycles. The highest BCUT2D eigenvalue weighted by atomic mass is 16.2. The average molecular weight is 171 g/mol. The first-order valence-electron chi connectivity index (χ1n) is 5.12. The van der Waals surface area contributed by atoms with E-state index in [4.69, 9.17) is 5.11 Å². The molecule has 2 atom stereocenters. The molecular formula is C10H21NO. The van der Waals surface area contributed by atoms with E-state index in [1.165, 1.54) is 32.1 Å². The minimum atomic E-state index is 0.250. The first kappa shape index (κ1) is 10.0. The van der Waals surface area contributed by atoms with E-state index in [1.807, 2.05) is 0 Å². The third kappa shape index (κ3) is 2.20. The van der Waals surface area contributed by atoms with Crippen molar-refractivity contribution in [1.82, 2.24) is 4.90 Å². The summed E-state index contributed by atoms with van der Waals surface area (Å²) in [4.78, 5) is 2.59. The molecule has 2 rings (SSSR count). The Morgan fingerprint density at radius 3 is 1.92 bits per heavy atom. The number of rotatable bonds is 0. The van der Waals surface area contributed by atoms with Gasteiger partial charge < -0.3 is 10.0 Å². The second-order valence-corrected chi connectivity index (χ2v) is 3.80. The van der Waals surface area contributed by atoms with Crippen LogP contribution in [0.1, 0.15) is 39.0 Å². The molecule has 0 radical (unpaired) electrons. The Labute approximate surface area is 75.6 Å². The fourth-order valence-corrected chi connectivity index (χ4v) is 2.38. The summed E-state index contributed by atoms with van der Waals surface area (Å²) in [5, 5.41) is 7.57. The highest BCUT2D eigenvalue weighted by Crippen LogP contribution is 2.33. The lowest BCUT2D eigenvalue weighted by Crippen LogP contribution is -2.35. The van der Waals surface area contributed by atoms with Gasteiger partial charge in [0.05, 0.1) is 0 Å². The number of hydrogen-bond donors (Lipinski definition) is 1. The second-order valence-electron chi connectivity index (χ2n) is 3.80. The fourth-order valence-electron chi connectivity index (χ4n) is 2.38. The van der Waals surface area contributed by atoms with Crippen molar-refractivity contribution in [2.75, 3.05) is 13.7 Å². The maximum Gasteiger partial charge on any atom is 0.0402 e. The zero-order valence-corrected chi connectivity index (χ0v) is 8.29. The maximum atomic E-state index is 7.57. The zero-order valence-electron chi connectivity index (χ0n) is 8.29. The van der Waals surface area contributed by atoms with Crippen LogP contribution in [0.25, 0.3) is 0 Å². The standard InChI is InChI=1S/C8H15N.C2H6O/c1-9-7-3-2-4-8(9)6-5-7;1-2-3/h7-8H,2-6H2,1H3;3H,2H2,1H3/t7-,8+;. The molecule has 2 bridgehead atoms. The number of hydrogen-bond acceptors (Lipinski definition) is 2. The summed E-state index contributed by atoms with van der Waals surface area (Å²) >= 11 is 0. The third-order valence-corrected chi connectivity index (χ3v) is 3.06. The molecule has 0 amide bonds. The van der Waals surface area contributed by atoms with Crippen LogP contribution in [0.3, 0.4) is 0 Å². The van der Waals surface area contributed by atoms with E-state index >= 15 is 0 Å². The fraction of sp³-hybridized carbons (Fsp3) is 1.00. The van der Waals surface area contributed by atoms with E-state index in [0.29, 0.717) is 0 Å². The maximum absolute atomic E-state index is 7.57. The summed E-state index contributed by atoms with van der Waals surface area (Å²) in [6.07, 6.45) is 7.36. The highest BCUT2D eigenvalue weighted by molar-refractivity contribution is 4.89. The number of aliphatic hydroxyl groups excluding tert-OH is 1. The number of nitrogens with zero attached hydrogens (tertiary/aromatic N) is 1. The van der Waals surface area contributed by atoms with Crippen LogP contribution in [0.4, 0.5) is 0 Å². The van der Waals surface area contributed by atoms with Gasteiger partial charge in [-0.05, 0) is 39.7 Å². The Kier molecular flexibility index (Phi) is 4.02. The lowest BCUT2D eigenvalue weighted by Gasteiger charge is -2.30. The average Bonchev–Trinajstić information content (AvgIpc) is 2.32. The van der Waals surface area contributed by atoms with E-state index in [-0.39, 0.29) is 6.61 Å². The van der Waals surface area contributed by atoms with Crippen molar-refractivity contribution in [2.45, 2.75) is 51.1 Å². The van der Waals surface area contributed by atoms with Crippen LogP contribution >= 0.6 is 0 Å². The predicted molar refractivity (Wildman–Crippen MR) is 51.2 cm³/mol. The molecule has 0 aromatic rings. The summed E-state index contributed by atoms with van der Waals surface area (Å²) in [7, 11) is 2.29. The molecule has 0 aromatic heterocycles. The van der Waals surface area contributed by atoms with Crippen molar-refractivity contribution in [2.24, 2.45) is 0 Å². The van der Waals surface area contributed by atoms with Gasteiger partial charge in [-0.2, -0.15) is 0 Å². The van der Waals surface area contributed by atoms with Gasteiger partial charge in [-0.3, -0.25) is 0 Å². The lowest BCUT2D eigenvalue weighted by molar-refractivity contribution is 0.179. The van der Waals surface area contributed by atoms with E-state index in [0.717, 1.165) is 12.1 Å². The van der Waals surface area contributed by atoms with E-state index < -0.39 is 0 Å². The smallest absolute Gasteiger partial charge is 0.0402 e. The lowest BCUT2D eigenvalue weighted by atomic mass is 10.0. The Morgan fingerprint density at radius 1 is 1.17 bits per heavy atom. The molecule has 2 saturated heterocycles. The molecule has 1 N–H and O–H groups in total. The first-order valence-corrected chi connectivity index (χ1v) is 5.12. The normalized spacial score (nSPS) is 34.2. The molecule has 2 nitrogen and oxygen atoms in total. The Morgan fingerprint density at radius 2 is 1.58 bits per heavy atom. The zero-order chi connectivity index (χ0) is 8.97. The van der Waals surface area contributed by atoms with Gasteiger partial charge in [0.15, 0.2) is 0 Å². The van der Waals surface area contributed by atoms with Gasteiger partial charge in [0, 0.05) is 18.7 Å². The number of aliphatic hydroxyl groups is 1. The van der Waals surface area contributed by atoms with Crippen LogP contribution in [0.15, 0.2) is 0 Å². The topological polar surface area (TPSA) is 23.5 Å². The summed E-state index contributed by atoms with van der Waals surface area (Å²) in [5.74, 6) is 0. The predicted octanol–water partition coefficient (Wildman–Crippen LogP) is 1.63. The minimum absolute atomic E-state index is 0.250. The molecule has 2 aliphatic rings. The van der Waals surface area contributed by atoms with Gasteiger partial charge >= 0.3 is 0 Å². The van der Waals surface area contributed by atoms with Gasteiger partial charge in [0.1, 0.15) is 0 Å². The van der Waals surface area contributed by atoms with Crippen molar-refractivity contribution in [3.05, 3.63) is 0 Å². The molecule has 0 unspecified atom stereocenters. The molecular weight excluding hydrogens is 150 g/mol. The molecule has 72 valence electrons. The number of fused-ring (bicyclic) bond motifs is 2. The van der Waals surface area contributed by atoms with Crippen LogP contribution in [0.5, 0.6) is 0 Å². The molecule has 0 spiro atoms. The molecule has 12 heavy (non-hydrogen) atoms. The van der Waals surface area contributed by atoms with Crippen LogP contribution < -0.4 is 0 Å². The Hall–Kier alpha value is -0.0800. The molecule has 0 aliphatic carbocycles. The van der Waals surface area contributed by atoms with E-state index in [2.05, 4.69) is 11.9 Å². The van der Waals surface area contributed by atoms with Crippen LogP contribution in [0, 0.1) is 0 Å². The van der Waals surface area contributed by atoms with Gasteiger partial charge in [0.25, 0.3) is 0 Å². The number of piperidine rings is 1. The summed E-state index contributed by atoms with van der Waals surface area (Å²) in [6.45, 7) is 1.93. The van der Waals surface area contributed by atoms with Crippen molar-refractivity contribution >= 4 is 0 Å². The van der Waals surface area contributed by atoms with Crippen LogP contribution in [0.2, 0.25) is 0 Å². The summed E-state index contributed by atoms with van der Waals surface area (Å²) < 4.78 is 0. The quantitative estimate of drug-likeness (QED) is 0.599. The van der Waals surface area contributed by atoms with E-state index in [1.54, 1.807) is 6.92 Å². The second kappa shape index (κ2) is 4.83. The van der Waals surface area contributed by atoms with Gasteiger partial charge in [0.2, 0.25) is 0 Å². The molecule has 2 heteroatoms. The Balaban J connectivity index is 0.000000213. The van der Waals surface area contributed by atoms with Gasteiger partial charge in [-0.1, -0.05) is 6.42 Å². The Bertz CT molecular complexity index is 111. The SMILES string of the molecule is CCO.CN1[C@@H]2CCC[C@H]1CC2. The molecule has 2 fully saturated rings. The summed E-state index contributed by atoms with van der Waals surface area (Å²) in [6, 6.07) is 1.92. The van der Waals surface area contributed by atoms with Gasteiger partial charge in [-0.25, -0.2) is 0 Å². The monoisotopic (exact) mass is 171 g/mol. The van der Waals surface area contributed by atoms with Crippen LogP contribution in [-0.4, -0.2) is 35.7 Å². The van der Waals surface area contributed by atoms with Crippen molar-refractivity contribution in [3.63, 3.8) is 0 Å².